The molecule has 1 unspecified atom stereocenters. The molecule has 5 nitrogen and oxygen atoms in total. The van der Waals surface area contributed by atoms with Crippen LogP contribution in [0.4, 0.5) is 5.69 Å². The highest BCUT2D eigenvalue weighted by Gasteiger charge is 2.25. The molecule has 2 aromatic carbocycles. The van der Waals surface area contributed by atoms with Crippen molar-refractivity contribution in [3.05, 3.63) is 75.8 Å². The van der Waals surface area contributed by atoms with E-state index in [1.165, 1.54) is 6.07 Å². The summed E-state index contributed by atoms with van der Waals surface area (Å²) in [6.07, 6.45) is 0.0721. The van der Waals surface area contributed by atoms with Crippen molar-refractivity contribution in [2.45, 2.75) is 19.3 Å². The number of hydrogen-bond acceptors (Lipinski definition) is 4. The van der Waals surface area contributed by atoms with Gasteiger partial charge in [-0.3, -0.25) is 14.9 Å². The van der Waals surface area contributed by atoms with E-state index >= 15 is 0 Å². The van der Waals surface area contributed by atoms with E-state index in [4.69, 9.17) is 4.74 Å². The zero-order valence-corrected chi connectivity index (χ0v) is 12.3. The molecule has 2 aromatic rings. The van der Waals surface area contributed by atoms with Gasteiger partial charge in [-0.15, -0.1) is 0 Å². The maximum Gasteiger partial charge on any atom is 0.306 e. The van der Waals surface area contributed by atoms with Crippen LogP contribution in [0.25, 0.3) is 0 Å². The van der Waals surface area contributed by atoms with Gasteiger partial charge in [-0.1, -0.05) is 48.5 Å². The number of hydrogen-bond donors (Lipinski definition) is 0. The van der Waals surface area contributed by atoms with Crippen molar-refractivity contribution in [2.24, 2.45) is 0 Å². The summed E-state index contributed by atoms with van der Waals surface area (Å²) in [5.74, 6) is -0.767. The van der Waals surface area contributed by atoms with E-state index in [9.17, 15) is 14.9 Å². The number of nitrogens with zero attached hydrogens (tertiary/aromatic N) is 1. The average molecular weight is 299 g/mol. The average Bonchev–Trinajstić information content (AvgIpc) is 2.53. The second kappa shape index (κ2) is 7.36. The van der Waals surface area contributed by atoms with Crippen LogP contribution in [-0.2, 0) is 9.53 Å². The molecule has 5 heteroatoms. The fourth-order valence-electron chi connectivity index (χ4n) is 2.43. The number of rotatable bonds is 6. The van der Waals surface area contributed by atoms with Crippen molar-refractivity contribution in [3.63, 3.8) is 0 Å². The van der Waals surface area contributed by atoms with Crippen LogP contribution in [0.3, 0.4) is 0 Å². The Morgan fingerprint density at radius 1 is 1.14 bits per heavy atom. The van der Waals surface area contributed by atoms with Crippen molar-refractivity contribution in [1.29, 1.82) is 0 Å². The summed E-state index contributed by atoms with van der Waals surface area (Å²) in [7, 11) is 0. The number of carbonyl (C=O) groups excluding carboxylic acids is 1. The lowest BCUT2D eigenvalue weighted by atomic mass is 9.87. The smallest absolute Gasteiger partial charge is 0.306 e. The molecule has 0 radical (unpaired) electrons. The lowest BCUT2D eigenvalue weighted by molar-refractivity contribution is -0.385. The van der Waals surface area contributed by atoms with E-state index in [0.717, 1.165) is 5.56 Å². The van der Waals surface area contributed by atoms with Gasteiger partial charge >= 0.3 is 5.97 Å². The van der Waals surface area contributed by atoms with Gasteiger partial charge in [0.1, 0.15) is 0 Å². The van der Waals surface area contributed by atoms with Gasteiger partial charge in [0.15, 0.2) is 0 Å². The highest BCUT2D eigenvalue weighted by Crippen LogP contribution is 2.34. The molecule has 2 rings (SSSR count). The summed E-state index contributed by atoms with van der Waals surface area (Å²) in [6, 6.07) is 15.8. The first-order valence-corrected chi connectivity index (χ1v) is 7.07. The molecule has 0 aliphatic rings. The van der Waals surface area contributed by atoms with Crippen LogP contribution < -0.4 is 0 Å². The van der Waals surface area contributed by atoms with Crippen molar-refractivity contribution in [2.75, 3.05) is 6.61 Å². The van der Waals surface area contributed by atoms with Gasteiger partial charge < -0.3 is 4.74 Å². The maximum absolute atomic E-state index is 11.9. The predicted octanol–water partition coefficient (Wildman–Crippen LogP) is 3.68. The normalized spacial score (nSPS) is 11.7. The first-order chi connectivity index (χ1) is 10.6. The molecule has 0 saturated heterocycles. The molecular weight excluding hydrogens is 282 g/mol. The Morgan fingerprint density at radius 2 is 1.77 bits per heavy atom. The van der Waals surface area contributed by atoms with Gasteiger partial charge in [-0.05, 0) is 12.5 Å². The van der Waals surface area contributed by atoms with Gasteiger partial charge in [0.05, 0.1) is 18.0 Å². The third kappa shape index (κ3) is 3.69. The molecule has 0 bridgehead atoms. The molecule has 1 atom stereocenters. The Morgan fingerprint density at radius 3 is 2.41 bits per heavy atom. The van der Waals surface area contributed by atoms with Gasteiger partial charge in [0, 0.05) is 17.5 Å². The Balaban J connectivity index is 2.45. The van der Waals surface area contributed by atoms with E-state index in [-0.39, 0.29) is 24.7 Å². The Bertz CT molecular complexity index is 655. The third-order valence-electron chi connectivity index (χ3n) is 3.39. The predicted molar refractivity (Wildman–Crippen MR) is 82.6 cm³/mol. The number of esters is 1. The summed E-state index contributed by atoms with van der Waals surface area (Å²) in [5.41, 5.74) is 1.39. The Kier molecular flexibility index (Phi) is 5.25. The minimum atomic E-state index is -0.420. The number of ether oxygens (including phenoxy) is 1. The van der Waals surface area contributed by atoms with Crippen LogP contribution in [0.5, 0.6) is 0 Å². The third-order valence-corrected chi connectivity index (χ3v) is 3.39. The quantitative estimate of drug-likeness (QED) is 0.463. The SMILES string of the molecule is CCOC(=O)CC(c1ccccc1)c1ccccc1[N+](=O)[O-]. The molecule has 0 N–H and O–H groups in total. The van der Waals surface area contributed by atoms with E-state index < -0.39 is 10.8 Å². The highest BCUT2D eigenvalue weighted by atomic mass is 16.6. The van der Waals surface area contributed by atoms with Gasteiger partial charge in [-0.2, -0.15) is 0 Å². The molecule has 0 amide bonds. The van der Waals surface area contributed by atoms with E-state index in [2.05, 4.69) is 0 Å². The van der Waals surface area contributed by atoms with Gasteiger partial charge in [0.2, 0.25) is 0 Å². The molecule has 114 valence electrons. The Hall–Kier alpha value is -2.69. The van der Waals surface area contributed by atoms with Gasteiger partial charge in [-0.25, -0.2) is 0 Å². The summed E-state index contributed by atoms with van der Waals surface area (Å²) in [6.45, 7) is 2.03. The summed E-state index contributed by atoms with van der Waals surface area (Å²) in [5, 5.41) is 11.3. The molecule has 0 aromatic heterocycles. The second-order valence-electron chi connectivity index (χ2n) is 4.79. The van der Waals surface area contributed by atoms with Crippen molar-refractivity contribution < 1.29 is 14.5 Å². The minimum absolute atomic E-state index is 0.0145. The van der Waals surface area contributed by atoms with Crippen LogP contribution in [0.2, 0.25) is 0 Å². The van der Waals surface area contributed by atoms with Crippen LogP contribution in [0.15, 0.2) is 54.6 Å². The molecule has 0 saturated carbocycles. The fourth-order valence-corrected chi connectivity index (χ4v) is 2.43. The molecular formula is C17H17NO4. The zero-order chi connectivity index (χ0) is 15.9. The van der Waals surface area contributed by atoms with Crippen molar-refractivity contribution >= 4 is 11.7 Å². The number of nitro benzene ring substituents is 1. The maximum atomic E-state index is 11.9. The first-order valence-electron chi connectivity index (χ1n) is 7.07. The topological polar surface area (TPSA) is 69.4 Å². The van der Waals surface area contributed by atoms with Gasteiger partial charge in [0.25, 0.3) is 5.69 Å². The van der Waals surface area contributed by atoms with Crippen molar-refractivity contribution in [1.82, 2.24) is 0 Å². The number of carbonyl (C=O) groups is 1. The molecule has 22 heavy (non-hydrogen) atoms. The highest BCUT2D eigenvalue weighted by molar-refractivity contribution is 5.72. The standard InChI is InChI=1S/C17H17NO4/c1-2-22-17(19)12-15(13-8-4-3-5-9-13)14-10-6-7-11-16(14)18(20)21/h3-11,15H,2,12H2,1H3. The minimum Gasteiger partial charge on any atom is -0.466 e. The largest absolute Gasteiger partial charge is 0.466 e. The number of benzene rings is 2. The van der Waals surface area contributed by atoms with Crippen LogP contribution in [-0.4, -0.2) is 17.5 Å². The van der Waals surface area contributed by atoms with Crippen LogP contribution in [0, 0.1) is 10.1 Å². The zero-order valence-electron chi connectivity index (χ0n) is 12.3. The lowest BCUT2D eigenvalue weighted by Gasteiger charge is -2.17. The number of para-hydroxylation sites is 1. The monoisotopic (exact) mass is 299 g/mol. The van der Waals surface area contributed by atoms with Crippen molar-refractivity contribution in [3.8, 4) is 0 Å². The Labute approximate surface area is 128 Å². The van der Waals surface area contributed by atoms with Crippen LogP contribution in [0.1, 0.15) is 30.4 Å². The summed E-state index contributed by atoms with van der Waals surface area (Å²) < 4.78 is 5.01. The summed E-state index contributed by atoms with van der Waals surface area (Å²) >= 11 is 0. The molecule has 0 aliphatic carbocycles. The number of nitro groups is 1. The first kappa shape index (κ1) is 15.7. The second-order valence-corrected chi connectivity index (χ2v) is 4.79. The lowest BCUT2D eigenvalue weighted by Crippen LogP contribution is -2.13. The molecule has 0 spiro atoms. The van der Waals surface area contributed by atoms with E-state index in [1.54, 1.807) is 25.1 Å². The molecule has 0 fully saturated rings. The molecule has 0 heterocycles. The summed E-state index contributed by atoms with van der Waals surface area (Å²) in [4.78, 5) is 22.7. The van der Waals surface area contributed by atoms with Crippen LogP contribution >= 0.6 is 0 Å². The van der Waals surface area contributed by atoms with E-state index in [1.807, 2.05) is 30.3 Å². The van der Waals surface area contributed by atoms with E-state index in [0.29, 0.717) is 5.56 Å². The molecule has 0 aliphatic heterocycles. The fraction of sp³-hybridized carbons (Fsp3) is 0.235.